The Morgan fingerprint density at radius 1 is 1.55 bits per heavy atom. The number of anilines is 1. The van der Waals surface area contributed by atoms with Gasteiger partial charge in [-0.15, -0.1) is 0 Å². The Balaban J connectivity index is 1.82. The van der Waals surface area contributed by atoms with Crippen molar-refractivity contribution in [2.45, 2.75) is 38.7 Å². The van der Waals surface area contributed by atoms with Crippen molar-refractivity contribution in [1.29, 1.82) is 0 Å². The number of carbonyl (C=O) groups excluding carboxylic acids is 1. The number of hydrogen-bond donors (Lipinski definition) is 1. The number of esters is 1. The van der Waals surface area contributed by atoms with Crippen LogP contribution < -0.4 is 5.73 Å². The van der Waals surface area contributed by atoms with Gasteiger partial charge in [0, 0.05) is 16.8 Å². The normalized spacial score (nSPS) is 18.2. The summed E-state index contributed by atoms with van der Waals surface area (Å²) in [4.78, 5) is 12.0. The maximum atomic E-state index is 12.0. The van der Waals surface area contributed by atoms with E-state index in [0.29, 0.717) is 24.0 Å². The summed E-state index contributed by atoms with van der Waals surface area (Å²) < 4.78 is 11.6. The maximum Gasteiger partial charge on any atom is 0.338 e. The zero-order valence-corrected chi connectivity index (χ0v) is 13.2. The first-order chi connectivity index (χ1) is 9.58. The second kappa shape index (κ2) is 7.09. The van der Waals surface area contributed by atoms with E-state index >= 15 is 0 Å². The monoisotopic (exact) mass is 341 g/mol. The third kappa shape index (κ3) is 3.96. The van der Waals surface area contributed by atoms with Gasteiger partial charge in [-0.1, -0.05) is 15.9 Å². The van der Waals surface area contributed by atoms with Gasteiger partial charge in [0.15, 0.2) is 0 Å². The van der Waals surface area contributed by atoms with Crippen molar-refractivity contribution in [1.82, 2.24) is 0 Å². The summed E-state index contributed by atoms with van der Waals surface area (Å²) in [5.74, 6) is -0.317. The van der Waals surface area contributed by atoms with E-state index in [1.807, 2.05) is 6.92 Å². The molecule has 0 spiro atoms. The van der Waals surface area contributed by atoms with Crippen LogP contribution in [0.15, 0.2) is 16.6 Å². The third-order valence-corrected chi connectivity index (χ3v) is 4.02. The number of rotatable bonds is 5. The lowest BCUT2D eigenvalue weighted by Crippen LogP contribution is -2.12. The molecule has 1 heterocycles. The van der Waals surface area contributed by atoms with Crippen LogP contribution in [0.25, 0.3) is 0 Å². The average molecular weight is 342 g/mol. The molecule has 1 unspecified atom stereocenters. The Kier molecular flexibility index (Phi) is 5.43. The SMILES string of the molecule is Cc1c(N)cc(Br)cc1C(=O)OCCCC1CCCO1. The minimum atomic E-state index is -0.317. The molecule has 0 amide bonds. The second-order valence-corrected chi connectivity index (χ2v) is 6.00. The lowest BCUT2D eigenvalue weighted by molar-refractivity contribution is 0.0460. The molecule has 1 fully saturated rings. The van der Waals surface area contributed by atoms with E-state index in [9.17, 15) is 4.79 Å². The lowest BCUT2D eigenvalue weighted by atomic mass is 10.1. The first kappa shape index (κ1) is 15.3. The molecule has 2 rings (SSSR count). The van der Waals surface area contributed by atoms with Crippen LogP contribution >= 0.6 is 15.9 Å². The maximum absolute atomic E-state index is 12.0. The minimum Gasteiger partial charge on any atom is -0.462 e. The van der Waals surface area contributed by atoms with Crippen LogP contribution in [0.3, 0.4) is 0 Å². The van der Waals surface area contributed by atoms with Crippen LogP contribution in [0.1, 0.15) is 41.6 Å². The molecule has 1 aromatic carbocycles. The average Bonchev–Trinajstić information content (AvgIpc) is 2.91. The van der Waals surface area contributed by atoms with Crippen molar-refractivity contribution in [3.8, 4) is 0 Å². The summed E-state index contributed by atoms with van der Waals surface area (Å²) in [6.07, 6.45) is 4.39. The molecular weight excluding hydrogens is 322 g/mol. The number of benzene rings is 1. The van der Waals surface area contributed by atoms with Crippen molar-refractivity contribution < 1.29 is 14.3 Å². The topological polar surface area (TPSA) is 61.6 Å². The van der Waals surface area contributed by atoms with Gasteiger partial charge in [-0.25, -0.2) is 4.79 Å². The van der Waals surface area contributed by atoms with Gasteiger partial charge in [0.1, 0.15) is 0 Å². The molecule has 2 N–H and O–H groups in total. The van der Waals surface area contributed by atoms with E-state index in [1.165, 1.54) is 0 Å². The summed E-state index contributed by atoms with van der Waals surface area (Å²) >= 11 is 3.34. The molecule has 0 radical (unpaired) electrons. The van der Waals surface area contributed by atoms with Gasteiger partial charge in [-0.2, -0.15) is 0 Å². The van der Waals surface area contributed by atoms with Crippen LogP contribution in [-0.2, 0) is 9.47 Å². The fraction of sp³-hybridized carbons (Fsp3) is 0.533. The fourth-order valence-corrected chi connectivity index (χ4v) is 2.81. The second-order valence-electron chi connectivity index (χ2n) is 5.08. The zero-order valence-electron chi connectivity index (χ0n) is 11.7. The van der Waals surface area contributed by atoms with Crippen LogP contribution in [-0.4, -0.2) is 25.3 Å². The molecule has 0 aliphatic carbocycles. The van der Waals surface area contributed by atoms with E-state index in [0.717, 1.165) is 42.3 Å². The molecule has 1 aliphatic rings. The van der Waals surface area contributed by atoms with Gasteiger partial charge in [0.05, 0.1) is 18.3 Å². The first-order valence-corrected chi connectivity index (χ1v) is 7.71. The highest BCUT2D eigenvalue weighted by atomic mass is 79.9. The van der Waals surface area contributed by atoms with E-state index in [2.05, 4.69) is 15.9 Å². The predicted octanol–water partition coefficient (Wildman–Crippen LogP) is 3.46. The largest absolute Gasteiger partial charge is 0.462 e. The summed E-state index contributed by atoms with van der Waals surface area (Å²) in [5, 5.41) is 0. The molecule has 4 nitrogen and oxygen atoms in total. The van der Waals surface area contributed by atoms with Gasteiger partial charge in [-0.05, 0) is 50.3 Å². The molecule has 0 saturated carbocycles. The molecule has 110 valence electrons. The summed E-state index contributed by atoms with van der Waals surface area (Å²) in [6.45, 7) is 3.11. The van der Waals surface area contributed by atoms with Crippen molar-refractivity contribution >= 4 is 27.6 Å². The van der Waals surface area contributed by atoms with Crippen molar-refractivity contribution in [3.05, 3.63) is 27.7 Å². The highest BCUT2D eigenvalue weighted by Gasteiger charge is 2.16. The number of hydrogen-bond acceptors (Lipinski definition) is 4. The van der Waals surface area contributed by atoms with Gasteiger partial charge >= 0.3 is 5.97 Å². The molecule has 0 bridgehead atoms. The number of carbonyl (C=O) groups is 1. The lowest BCUT2D eigenvalue weighted by Gasteiger charge is -2.11. The van der Waals surface area contributed by atoms with Gasteiger partial charge in [0.2, 0.25) is 0 Å². The van der Waals surface area contributed by atoms with Crippen molar-refractivity contribution in [3.63, 3.8) is 0 Å². The first-order valence-electron chi connectivity index (χ1n) is 6.92. The van der Waals surface area contributed by atoms with Crippen molar-refractivity contribution in [2.24, 2.45) is 0 Å². The van der Waals surface area contributed by atoms with Gasteiger partial charge < -0.3 is 15.2 Å². The molecule has 1 saturated heterocycles. The molecule has 1 atom stereocenters. The number of nitrogen functional groups attached to an aromatic ring is 1. The van der Waals surface area contributed by atoms with Crippen LogP contribution in [0.2, 0.25) is 0 Å². The quantitative estimate of drug-likeness (QED) is 0.506. The number of halogens is 1. The summed E-state index contributed by atoms with van der Waals surface area (Å²) in [6, 6.07) is 3.53. The molecule has 20 heavy (non-hydrogen) atoms. The van der Waals surface area contributed by atoms with Gasteiger partial charge in [-0.3, -0.25) is 0 Å². The van der Waals surface area contributed by atoms with Crippen LogP contribution in [0.4, 0.5) is 5.69 Å². The Morgan fingerprint density at radius 3 is 3.05 bits per heavy atom. The Labute approximate surface area is 127 Å². The third-order valence-electron chi connectivity index (χ3n) is 3.56. The Bertz CT molecular complexity index is 484. The molecule has 1 aromatic rings. The van der Waals surface area contributed by atoms with Gasteiger partial charge in [0.25, 0.3) is 0 Å². The van der Waals surface area contributed by atoms with E-state index in [-0.39, 0.29) is 5.97 Å². The molecule has 5 heteroatoms. The van der Waals surface area contributed by atoms with Crippen LogP contribution in [0.5, 0.6) is 0 Å². The zero-order chi connectivity index (χ0) is 14.5. The summed E-state index contributed by atoms with van der Waals surface area (Å²) in [7, 11) is 0. The van der Waals surface area contributed by atoms with E-state index < -0.39 is 0 Å². The highest BCUT2D eigenvalue weighted by molar-refractivity contribution is 9.10. The van der Waals surface area contributed by atoms with E-state index in [4.69, 9.17) is 15.2 Å². The number of ether oxygens (including phenoxy) is 2. The summed E-state index contributed by atoms with van der Waals surface area (Å²) in [5.41, 5.74) is 7.71. The number of nitrogens with two attached hydrogens (primary N) is 1. The highest BCUT2D eigenvalue weighted by Crippen LogP contribution is 2.23. The molecule has 1 aliphatic heterocycles. The van der Waals surface area contributed by atoms with Crippen molar-refractivity contribution in [2.75, 3.05) is 18.9 Å². The molecular formula is C15H20BrNO3. The Hall–Kier alpha value is -1.07. The smallest absolute Gasteiger partial charge is 0.338 e. The van der Waals surface area contributed by atoms with Crippen LogP contribution in [0, 0.1) is 6.92 Å². The predicted molar refractivity (Wildman–Crippen MR) is 81.8 cm³/mol. The standard InChI is InChI=1S/C15H20BrNO3/c1-10-13(8-11(16)9-14(10)17)15(18)20-7-3-5-12-4-2-6-19-12/h8-9,12H,2-7,17H2,1H3. The molecule has 0 aromatic heterocycles. The minimum absolute atomic E-state index is 0.317. The van der Waals surface area contributed by atoms with E-state index in [1.54, 1.807) is 12.1 Å². The fourth-order valence-electron chi connectivity index (χ4n) is 2.34. The Morgan fingerprint density at radius 2 is 2.35 bits per heavy atom.